The summed E-state index contributed by atoms with van der Waals surface area (Å²) >= 11 is 0. The molecular formula is C19H17FN4O2. The molecule has 0 saturated heterocycles. The lowest BCUT2D eigenvalue weighted by atomic mass is 10.2. The maximum Gasteiger partial charge on any atom is 0.258 e. The molecule has 0 fully saturated rings. The van der Waals surface area contributed by atoms with Crippen molar-refractivity contribution in [1.82, 2.24) is 9.97 Å². The molecule has 0 radical (unpaired) electrons. The van der Waals surface area contributed by atoms with Crippen LogP contribution in [-0.2, 0) is 0 Å². The van der Waals surface area contributed by atoms with E-state index in [1.165, 1.54) is 30.6 Å². The van der Waals surface area contributed by atoms with Crippen molar-refractivity contribution >= 4 is 23.2 Å². The van der Waals surface area contributed by atoms with Gasteiger partial charge in [0.05, 0.1) is 17.9 Å². The highest BCUT2D eigenvalue weighted by Crippen LogP contribution is 2.25. The predicted octanol–water partition coefficient (Wildman–Crippen LogP) is 4.01. The Hall–Kier alpha value is -3.48. The first kappa shape index (κ1) is 17.3. The van der Waals surface area contributed by atoms with E-state index in [1.54, 1.807) is 6.07 Å². The maximum atomic E-state index is 13.2. The van der Waals surface area contributed by atoms with E-state index in [4.69, 9.17) is 4.74 Å². The van der Waals surface area contributed by atoms with Crippen LogP contribution in [0.15, 0.2) is 60.9 Å². The van der Waals surface area contributed by atoms with Crippen molar-refractivity contribution in [3.63, 3.8) is 0 Å². The molecule has 0 atom stereocenters. The van der Waals surface area contributed by atoms with Gasteiger partial charge in [-0.2, -0.15) is 0 Å². The average molecular weight is 352 g/mol. The fourth-order valence-electron chi connectivity index (χ4n) is 2.25. The number of carbonyl (C=O) groups is 1. The summed E-state index contributed by atoms with van der Waals surface area (Å²) in [5.74, 6) is 0.175. The Kier molecular flexibility index (Phi) is 5.38. The molecule has 0 unspecified atom stereocenters. The van der Waals surface area contributed by atoms with E-state index >= 15 is 0 Å². The molecule has 0 aliphatic heterocycles. The lowest BCUT2D eigenvalue weighted by molar-refractivity contribution is 0.102. The van der Waals surface area contributed by atoms with Crippen LogP contribution in [-0.4, -0.2) is 22.5 Å². The smallest absolute Gasteiger partial charge is 0.258 e. The average Bonchev–Trinajstić information content (AvgIpc) is 2.64. The van der Waals surface area contributed by atoms with E-state index in [-0.39, 0.29) is 5.56 Å². The van der Waals surface area contributed by atoms with Gasteiger partial charge in [0.15, 0.2) is 0 Å². The van der Waals surface area contributed by atoms with Gasteiger partial charge in [0, 0.05) is 18.1 Å². The topological polar surface area (TPSA) is 76.1 Å². The first-order valence-corrected chi connectivity index (χ1v) is 8.03. The van der Waals surface area contributed by atoms with E-state index in [0.717, 1.165) is 5.69 Å². The predicted molar refractivity (Wildman–Crippen MR) is 97.3 cm³/mol. The monoisotopic (exact) mass is 352 g/mol. The summed E-state index contributed by atoms with van der Waals surface area (Å²) in [7, 11) is 0. The Morgan fingerprint density at radius 3 is 2.62 bits per heavy atom. The van der Waals surface area contributed by atoms with E-state index in [0.29, 0.717) is 24.0 Å². The molecule has 0 aliphatic carbocycles. The Morgan fingerprint density at radius 1 is 1.12 bits per heavy atom. The minimum atomic E-state index is -0.424. The van der Waals surface area contributed by atoms with E-state index < -0.39 is 11.7 Å². The number of hydrogen-bond acceptors (Lipinski definition) is 5. The number of anilines is 3. The van der Waals surface area contributed by atoms with Gasteiger partial charge in [-0.05, 0) is 37.3 Å². The van der Waals surface area contributed by atoms with Crippen molar-refractivity contribution < 1.29 is 13.9 Å². The van der Waals surface area contributed by atoms with E-state index in [1.807, 2.05) is 31.2 Å². The number of para-hydroxylation sites is 2. The molecule has 0 saturated carbocycles. The normalized spacial score (nSPS) is 10.2. The van der Waals surface area contributed by atoms with Gasteiger partial charge in [-0.25, -0.2) is 14.4 Å². The summed E-state index contributed by atoms with van der Waals surface area (Å²) in [6.07, 6.45) is 2.79. The second-order valence-corrected chi connectivity index (χ2v) is 5.31. The molecule has 0 aliphatic rings. The molecule has 26 heavy (non-hydrogen) atoms. The molecule has 6 nitrogen and oxygen atoms in total. The van der Waals surface area contributed by atoms with Crippen molar-refractivity contribution in [2.45, 2.75) is 6.92 Å². The Balaban J connectivity index is 1.69. The quantitative estimate of drug-likeness (QED) is 0.701. The highest BCUT2D eigenvalue weighted by atomic mass is 19.1. The zero-order valence-corrected chi connectivity index (χ0v) is 14.1. The molecule has 132 valence electrons. The molecule has 1 heterocycles. The molecule has 0 spiro atoms. The maximum absolute atomic E-state index is 13.2. The standard InChI is InChI=1S/C19H17FN4O2/c1-2-26-17-9-4-3-8-16(17)24-19-21-11-13(12-22-19)18(25)23-15-7-5-6-14(20)10-15/h3-12H,2H2,1H3,(H,23,25)(H,21,22,24). The largest absolute Gasteiger partial charge is 0.492 e. The highest BCUT2D eigenvalue weighted by Gasteiger charge is 2.09. The second kappa shape index (κ2) is 8.06. The number of nitrogens with one attached hydrogen (secondary N) is 2. The number of aromatic nitrogens is 2. The molecular weight excluding hydrogens is 335 g/mol. The summed E-state index contributed by atoms with van der Waals surface area (Å²) in [5, 5.41) is 5.65. The van der Waals surface area contributed by atoms with Gasteiger partial charge in [0.2, 0.25) is 5.95 Å². The van der Waals surface area contributed by atoms with Crippen molar-refractivity contribution in [1.29, 1.82) is 0 Å². The van der Waals surface area contributed by atoms with Gasteiger partial charge >= 0.3 is 0 Å². The number of halogens is 1. The van der Waals surface area contributed by atoms with Gasteiger partial charge in [-0.1, -0.05) is 18.2 Å². The van der Waals surface area contributed by atoms with Crippen LogP contribution >= 0.6 is 0 Å². The zero-order valence-electron chi connectivity index (χ0n) is 14.1. The third-order valence-corrected chi connectivity index (χ3v) is 3.43. The third kappa shape index (κ3) is 4.32. The van der Waals surface area contributed by atoms with Crippen molar-refractivity contribution in [2.24, 2.45) is 0 Å². The minimum Gasteiger partial charge on any atom is -0.492 e. The molecule has 3 rings (SSSR count). The van der Waals surface area contributed by atoms with Crippen molar-refractivity contribution in [3.8, 4) is 5.75 Å². The Bertz CT molecular complexity index is 900. The summed E-state index contributed by atoms with van der Waals surface area (Å²) < 4.78 is 18.7. The molecule has 2 N–H and O–H groups in total. The van der Waals surface area contributed by atoms with Crippen molar-refractivity contribution in [3.05, 3.63) is 72.3 Å². The molecule has 7 heteroatoms. The van der Waals surface area contributed by atoms with Crippen LogP contribution in [0, 0.1) is 5.82 Å². The number of benzene rings is 2. The Labute approximate surface area is 150 Å². The van der Waals surface area contributed by atoms with Crippen LogP contribution in [0.4, 0.5) is 21.7 Å². The lowest BCUT2D eigenvalue weighted by Crippen LogP contribution is -2.13. The second-order valence-electron chi connectivity index (χ2n) is 5.31. The number of carbonyl (C=O) groups excluding carboxylic acids is 1. The van der Waals surface area contributed by atoms with Gasteiger partial charge in [-0.3, -0.25) is 4.79 Å². The Morgan fingerprint density at radius 2 is 1.88 bits per heavy atom. The van der Waals surface area contributed by atoms with Crippen LogP contribution < -0.4 is 15.4 Å². The van der Waals surface area contributed by atoms with Crippen molar-refractivity contribution in [2.75, 3.05) is 17.2 Å². The molecule has 1 amide bonds. The van der Waals surface area contributed by atoms with Gasteiger partial charge in [-0.15, -0.1) is 0 Å². The lowest BCUT2D eigenvalue weighted by Gasteiger charge is -2.11. The highest BCUT2D eigenvalue weighted by molar-refractivity contribution is 6.03. The molecule has 3 aromatic rings. The van der Waals surface area contributed by atoms with Crippen LogP contribution in [0.2, 0.25) is 0 Å². The van der Waals surface area contributed by atoms with Gasteiger partial charge in [0.25, 0.3) is 5.91 Å². The summed E-state index contributed by atoms with van der Waals surface area (Å²) in [6, 6.07) is 13.1. The van der Waals surface area contributed by atoms with Gasteiger partial charge in [0.1, 0.15) is 11.6 Å². The van der Waals surface area contributed by atoms with Gasteiger partial charge < -0.3 is 15.4 Å². The number of amides is 1. The summed E-state index contributed by atoms with van der Waals surface area (Å²) in [6.45, 7) is 2.44. The molecule has 0 bridgehead atoms. The fourth-order valence-corrected chi connectivity index (χ4v) is 2.25. The van der Waals surface area contributed by atoms with Crippen LogP contribution in [0.5, 0.6) is 5.75 Å². The summed E-state index contributed by atoms with van der Waals surface area (Å²) in [4.78, 5) is 20.5. The van der Waals surface area contributed by atoms with E-state index in [9.17, 15) is 9.18 Å². The first-order chi connectivity index (χ1) is 12.7. The third-order valence-electron chi connectivity index (χ3n) is 3.43. The zero-order chi connectivity index (χ0) is 18.4. The van der Waals surface area contributed by atoms with Crippen LogP contribution in [0.3, 0.4) is 0 Å². The number of nitrogens with zero attached hydrogens (tertiary/aromatic N) is 2. The number of rotatable bonds is 6. The first-order valence-electron chi connectivity index (χ1n) is 8.03. The number of hydrogen-bond donors (Lipinski definition) is 2. The number of ether oxygens (including phenoxy) is 1. The fraction of sp³-hybridized carbons (Fsp3) is 0.105. The van der Waals surface area contributed by atoms with Crippen LogP contribution in [0.1, 0.15) is 17.3 Å². The minimum absolute atomic E-state index is 0.262. The molecule has 1 aromatic heterocycles. The van der Waals surface area contributed by atoms with Crippen LogP contribution in [0.25, 0.3) is 0 Å². The molecule has 2 aromatic carbocycles. The van der Waals surface area contributed by atoms with E-state index in [2.05, 4.69) is 20.6 Å². The summed E-state index contributed by atoms with van der Waals surface area (Å²) in [5.41, 5.74) is 1.35. The SMILES string of the molecule is CCOc1ccccc1Nc1ncc(C(=O)Nc2cccc(F)c2)cn1.